The third-order valence-electron chi connectivity index (χ3n) is 3.61. The van der Waals surface area contributed by atoms with Gasteiger partial charge in [0.25, 0.3) is 0 Å². The Balaban J connectivity index is 2.89. The molecule has 0 saturated carbocycles. The standard InChI is InChI=1S/C15H24N2O4/c1-4-15(18,5-2)11-21-14-8-7-12(10-16-6-3)9-13(14)17(19)20/h7-9,16,18H,4-6,10-11H2,1-3H3. The maximum atomic E-state index is 11.2. The minimum atomic E-state index is -0.948. The smallest absolute Gasteiger partial charge is 0.311 e. The molecule has 0 aromatic heterocycles. The van der Waals surface area contributed by atoms with E-state index in [4.69, 9.17) is 4.74 Å². The van der Waals surface area contributed by atoms with Crippen LogP contribution in [0, 0.1) is 10.1 Å². The molecule has 0 aliphatic carbocycles. The number of nitrogens with one attached hydrogen (secondary N) is 1. The lowest BCUT2D eigenvalue weighted by Crippen LogP contribution is -2.34. The SMILES string of the molecule is CCNCc1ccc(OCC(O)(CC)CC)c([N+](=O)[O-])c1. The van der Waals surface area contributed by atoms with Crippen LogP contribution >= 0.6 is 0 Å². The van der Waals surface area contributed by atoms with Crippen molar-refractivity contribution in [3.05, 3.63) is 33.9 Å². The number of ether oxygens (including phenoxy) is 1. The summed E-state index contributed by atoms with van der Waals surface area (Å²) in [7, 11) is 0. The number of nitro groups is 1. The van der Waals surface area contributed by atoms with Crippen molar-refractivity contribution < 1.29 is 14.8 Å². The fourth-order valence-corrected chi connectivity index (χ4v) is 1.87. The minimum absolute atomic E-state index is 0.0490. The topological polar surface area (TPSA) is 84.6 Å². The average molecular weight is 296 g/mol. The first-order valence-corrected chi connectivity index (χ1v) is 7.29. The van der Waals surface area contributed by atoms with Crippen LogP contribution < -0.4 is 10.1 Å². The molecular weight excluding hydrogens is 272 g/mol. The predicted octanol–water partition coefficient (Wildman–Crippen LogP) is 2.63. The lowest BCUT2D eigenvalue weighted by atomic mass is 9.99. The van der Waals surface area contributed by atoms with E-state index in [-0.39, 0.29) is 18.0 Å². The molecule has 0 aliphatic rings. The van der Waals surface area contributed by atoms with Crippen LogP contribution in [0.4, 0.5) is 5.69 Å². The summed E-state index contributed by atoms with van der Waals surface area (Å²) in [5, 5.41) is 24.5. The van der Waals surface area contributed by atoms with Crippen molar-refractivity contribution in [3.8, 4) is 5.75 Å². The van der Waals surface area contributed by atoms with Crippen LogP contribution in [-0.2, 0) is 6.54 Å². The monoisotopic (exact) mass is 296 g/mol. The first-order chi connectivity index (χ1) is 9.95. The third kappa shape index (κ3) is 4.99. The minimum Gasteiger partial charge on any atom is -0.484 e. The first kappa shape index (κ1) is 17.4. The second kappa shape index (κ2) is 7.95. The molecule has 1 rings (SSSR count). The molecule has 6 heteroatoms. The number of nitro benzene ring substituents is 1. The highest BCUT2D eigenvalue weighted by Crippen LogP contribution is 2.29. The van der Waals surface area contributed by atoms with Gasteiger partial charge in [0.05, 0.1) is 10.5 Å². The summed E-state index contributed by atoms with van der Waals surface area (Å²) < 4.78 is 5.49. The Hall–Kier alpha value is -1.66. The third-order valence-corrected chi connectivity index (χ3v) is 3.61. The molecule has 0 unspecified atom stereocenters. The molecule has 21 heavy (non-hydrogen) atoms. The van der Waals surface area contributed by atoms with Gasteiger partial charge < -0.3 is 15.2 Å². The van der Waals surface area contributed by atoms with Crippen molar-refractivity contribution in [2.75, 3.05) is 13.2 Å². The molecule has 1 aromatic carbocycles. The van der Waals surface area contributed by atoms with E-state index in [0.29, 0.717) is 19.4 Å². The highest BCUT2D eigenvalue weighted by molar-refractivity contribution is 5.48. The zero-order valence-electron chi connectivity index (χ0n) is 12.9. The van der Waals surface area contributed by atoms with Crippen LogP contribution in [0.2, 0.25) is 0 Å². The molecule has 118 valence electrons. The van der Waals surface area contributed by atoms with Gasteiger partial charge in [-0.15, -0.1) is 0 Å². The fourth-order valence-electron chi connectivity index (χ4n) is 1.87. The number of aliphatic hydroxyl groups is 1. The molecule has 0 aliphatic heterocycles. The summed E-state index contributed by atoms with van der Waals surface area (Å²) >= 11 is 0. The van der Waals surface area contributed by atoms with Crippen molar-refractivity contribution in [1.82, 2.24) is 5.32 Å². The van der Waals surface area contributed by atoms with Crippen LogP contribution in [0.3, 0.4) is 0 Å². The summed E-state index contributed by atoms with van der Waals surface area (Å²) in [6.07, 6.45) is 1.08. The van der Waals surface area contributed by atoms with Crippen LogP contribution in [0.1, 0.15) is 39.2 Å². The number of nitrogens with zero attached hydrogens (tertiary/aromatic N) is 1. The zero-order chi connectivity index (χ0) is 15.9. The normalized spacial score (nSPS) is 11.4. The van der Waals surface area contributed by atoms with Gasteiger partial charge >= 0.3 is 5.69 Å². The molecule has 1 aromatic rings. The van der Waals surface area contributed by atoms with Crippen LogP contribution in [0.15, 0.2) is 18.2 Å². The Kier molecular flexibility index (Phi) is 6.58. The van der Waals surface area contributed by atoms with Gasteiger partial charge in [-0.2, -0.15) is 0 Å². The fraction of sp³-hybridized carbons (Fsp3) is 0.600. The van der Waals surface area contributed by atoms with Crippen LogP contribution in [-0.4, -0.2) is 28.8 Å². The maximum Gasteiger partial charge on any atom is 0.311 e. The average Bonchev–Trinajstić information content (AvgIpc) is 2.50. The molecule has 0 amide bonds. The maximum absolute atomic E-state index is 11.2. The quantitative estimate of drug-likeness (QED) is 0.540. The molecule has 0 bridgehead atoms. The molecule has 0 spiro atoms. The van der Waals surface area contributed by atoms with Gasteiger partial charge in [0.1, 0.15) is 6.61 Å². The molecule has 0 fully saturated rings. The largest absolute Gasteiger partial charge is 0.484 e. The summed E-state index contributed by atoms with van der Waals surface area (Å²) in [5.74, 6) is 0.195. The van der Waals surface area contributed by atoms with E-state index >= 15 is 0 Å². The van der Waals surface area contributed by atoms with Gasteiger partial charge in [0, 0.05) is 12.6 Å². The predicted molar refractivity (Wildman–Crippen MR) is 81.5 cm³/mol. The van der Waals surface area contributed by atoms with E-state index in [0.717, 1.165) is 12.1 Å². The molecule has 0 heterocycles. The highest BCUT2D eigenvalue weighted by Gasteiger charge is 2.25. The Morgan fingerprint density at radius 1 is 1.33 bits per heavy atom. The highest BCUT2D eigenvalue weighted by atomic mass is 16.6. The Bertz CT molecular complexity index is 473. The van der Waals surface area contributed by atoms with Crippen molar-refractivity contribution in [2.24, 2.45) is 0 Å². The zero-order valence-corrected chi connectivity index (χ0v) is 12.9. The van der Waals surface area contributed by atoms with Crippen molar-refractivity contribution in [1.29, 1.82) is 0 Å². The van der Waals surface area contributed by atoms with E-state index in [9.17, 15) is 15.2 Å². The number of benzene rings is 1. The number of hydrogen-bond acceptors (Lipinski definition) is 5. The van der Waals surface area contributed by atoms with Gasteiger partial charge in [-0.05, 0) is 31.0 Å². The first-order valence-electron chi connectivity index (χ1n) is 7.29. The lowest BCUT2D eigenvalue weighted by molar-refractivity contribution is -0.386. The summed E-state index contributed by atoms with van der Waals surface area (Å²) in [6, 6.07) is 4.90. The van der Waals surface area contributed by atoms with Crippen LogP contribution in [0.5, 0.6) is 5.75 Å². The number of hydrogen-bond donors (Lipinski definition) is 2. The summed E-state index contributed by atoms with van der Waals surface area (Å²) in [4.78, 5) is 10.7. The Labute approximate surface area is 125 Å². The van der Waals surface area contributed by atoms with E-state index in [1.54, 1.807) is 12.1 Å². The number of rotatable bonds is 9. The van der Waals surface area contributed by atoms with Crippen LogP contribution in [0.25, 0.3) is 0 Å². The molecule has 2 N–H and O–H groups in total. The van der Waals surface area contributed by atoms with Gasteiger partial charge in [0.2, 0.25) is 0 Å². The second-order valence-corrected chi connectivity index (χ2v) is 5.06. The van der Waals surface area contributed by atoms with Crippen molar-refractivity contribution >= 4 is 5.69 Å². The van der Waals surface area contributed by atoms with E-state index in [2.05, 4.69) is 5.32 Å². The molecular formula is C15H24N2O4. The van der Waals surface area contributed by atoms with E-state index in [1.807, 2.05) is 20.8 Å². The van der Waals surface area contributed by atoms with Gasteiger partial charge in [-0.1, -0.05) is 26.8 Å². The van der Waals surface area contributed by atoms with Crippen molar-refractivity contribution in [3.63, 3.8) is 0 Å². The van der Waals surface area contributed by atoms with E-state index in [1.165, 1.54) is 6.07 Å². The van der Waals surface area contributed by atoms with Crippen molar-refractivity contribution in [2.45, 2.75) is 45.8 Å². The Morgan fingerprint density at radius 3 is 2.52 bits per heavy atom. The van der Waals surface area contributed by atoms with E-state index < -0.39 is 10.5 Å². The van der Waals surface area contributed by atoms with Gasteiger partial charge in [0.15, 0.2) is 5.75 Å². The van der Waals surface area contributed by atoms with Gasteiger partial charge in [-0.25, -0.2) is 0 Å². The Morgan fingerprint density at radius 2 is 2.00 bits per heavy atom. The summed E-state index contributed by atoms with van der Waals surface area (Å²) in [5.41, 5.74) is -0.187. The molecule has 6 nitrogen and oxygen atoms in total. The molecule has 0 atom stereocenters. The molecule has 0 radical (unpaired) electrons. The second-order valence-electron chi connectivity index (χ2n) is 5.06. The summed E-state index contributed by atoms with van der Waals surface area (Å²) in [6.45, 7) is 7.12. The lowest BCUT2D eigenvalue weighted by Gasteiger charge is -2.25. The van der Waals surface area contributed by atoms with Gasteiger partial charge in [-0.3, -0.25) is 10.1 Å². The molecule has 0 saturated heterocycles.